The lowest BCUT2D eigenvalue weighted by molar-refractivity contribution is -0.127. The fraction of sp³-hybridized carbons (Fsp3) is 0.909. The van der Waals surface area contributed by atoms with E-state index in [2.05, 4.69) is 12.2 Å². The minimum Gasteiger partial charge on any atom is -0.374 e. The Hall–Kier alpha value is -0.610. The minimum absolute atomic E-state index is 0.0159. The molecule has 0 aromatic heterocycles. The maximum Gasteiger partial charge on any atom is 0.226 e. The molecule has 4 atom stereocenters. The van der Waals surface area contributed by atoms with Gasteiger partial charge in [-0.05, 0) is 32.7 Å². The summed E-state index contributed by atoms with van der Waals surface area (Å²) in [5.41, 5.74) is 5.37. The maximum atomic E-state index is 11.9. The maximum absolute atomic E-state index is 11.9. The predicted octanol–water partition coefficient (Wildman–Crippen LogP) is 0.511. The van der Waals surface area contributed by atoms with Gasteiger partial charge in [0.25, 0.3) is 0 Å². The lowest BCUT2D eigenvalue weighted by Crippen LogP contribution is -2.38. The van der Waals surface area contributed by atoms with E-state index < -0.39 is 0 Å². The lowest BCUT2D eigenvalue weighted by atomic mass is 9.89. The Morgan fingerprint density at radius 3 is 2.47 bits per heavy atom. The van der Waals surface area contributed by atoms with Crippen molar-refractivity contribution < 1.29 is 9.53 Å². The van der Waals surface area contributed by atoms with Crippen LogP contribution in [0.1, 0.15) is 27.2 Å². The summed E-state index contributed by atoms with van der Waals surface area (Å²) in [5.74, 6) is 0.378. The van der Waals surface area contributed by atoms with E-state index in [0.717, 1.165) is 6.42 Å². The smallest absolute Gasteiger partial charge is 0.226 e. The third kappa shape index (κ3) is 2.92. The molecule has 0 aromatic carbocycles. The standard InChI is InChI=1S/C11H22N2O2/c1-7-8(2)15-9(3)10(7)11(14)13-6-4-5-12/h7-10H,4-6,12H2,1-3H3,(H,13,14). The first-order chi connectivity index (χ1) is 7.07. The molecule has 4 nitrogen and oxygen atoms in total. The molecule has 0 aromatic rings. The largest absolute Gasteiger partial charge is 0.374 e. The van der Waals surface area contributed by atoms with Gasteiger partial charge in [-0.25, -0.2) is 0 Å². The zero-order valence-corrected chi connectivity index (χ0v) is 9.82. The molecule has 0 radical (unpaired) electrons. The van der Waals surface area contributed by atoms with E-state index in [9.17, 15) is 4.79 Å². The van der Waals surface area contributed by atoms with Gasteiger partial charge >= 0.3 is 0 Å². The number of carbonyl (C=O) groups is 1. The van der Waals surface area contributed by atoms with Crippen LogP contribution in [-0.4, -0.2) is 31.2 Å². The summed E-state index contributed by atoms with van der Waals surface area (Å²) >= 11 is 0. The number of hydrogen-bond donors (Lipinski definition) is 2. The molecular weight excluding hydrogens is 192 g/mol. The van der Waals surface area contributed by atoms with Gasteiger partial charge in [0.15, 0.2) is 0 Å². The van der Waals surface area contributed by atoms with E-state index in [1.165, 1.54) is 0 Å². The highest BCUT2D eigenvalue weighted by Gasteiger charge is 2.41. The molecule has 0 spiro atoms. The number of ether oxygens (including phenoxy) is 1. The van der Waals surface area contributed by atoms with Crippen LogP contribution in [-0.2, 0) is 9.53 Å². The Kier molecular flexibility index (Phi) is 4.54. The topological polar surface area (TPSA) is 64.3 Å². The molecule has 0 saturated carbocycles. The first-order valence-electron chi connectivity index (χ1n) is 5.71. The van der Waals surface area contributed by atoms with Crippen molar-refractivity contribution in [3.05, 3.63) is 0 Å². The average Bonchev–Trinajstić information content (AvgIpc) is 2.41. The quantitative estimate of drug-likeness (QED) is 0.670. The van der Waals surface area contributed by atoms with Gasteiger partial charge in [0, 0.05) is 6.54 Å². The van der Waals surface area contributed by atoms with Crippen LogP contribution in [0.25, 0.3) is 0 Å². The molecular formula is C11H22N2O2. The van der Waals surface area contributed by atoms with Crippen LogP contribution in [0.5, 0.6) is 0 Å². The van der Waals surface area contributed by atoms with Gasteiger partial charge in [-0.2, -0.15) is 0 Å². The molecule has 1 aliphatic rings. The highest BCUT2D eigenvalue weighted by molar-refractivity contribution is 5.79. The van der Waals surface area contributed by atoms with E-state index >= 15 is 0 Å². The van der Waals surface area contributed by atoms with E-state index in [-0.39, 0.29) is 30.0 Å². The van der Waals surface area contributed by atoms with Gasteiger partial charge in [0.1, 0.15) is 0 Å². The van der Waals surface area contributed by atoms with Crippen molar-refractivity contribution in [3.8, 4) is 0 Å². The van der Waals surface area contributed by atoms with Gasteiger partial charge in [-0.15, -0.1) is 0 Å². The van der Waals surface area contributed by atoms with E-state index in [4.69, 9.17) is 10.5 Å². The van der Waals surface area contributed by atoms with Crippen molar-refractivity contribution in [3.63, 3.8) is 0 Å². The first-order valence-corrected chi connectivity index (χ1v) is 5.71. The van der Waals surface area contributed by atoms with E-state index in [1.807, 2.05) is 13.8 Å². The molecule has 1 amide bonds. The third-order valence-corrected chi connectivity index (χ3v) is 3.22. The molecule has 1 aliphatic heterocycles. The van der Waals surface area contributed by atoms with Crippen LogP contribution in [0.3, 0.4) is 0 Å². The van der Waals surface area contributed by atoms with Gasteiger partial charge < -0.3 is 15.8 Å². The molecule has 88 valence electrons. The summed E-state index contributed by atoms with van der Waals surface area (Å²) < 4.78 is 5.63. The molecule has 0 bridgehead atoms. The average molecular weight is 214 g/mol. The summed E-state index contributed by atoms with van der Waals surface area (Å²) in [5, 5.41) is 2.91. The van der Waals surface area contributed by atoms with Crippen molar-refractivity contribution in [2.24, 2.45) is 17.6 Å². The molecule has 1 fully saturated rings. The van der Waals surface area contributed by atoms with Crippen LogP contribution >= 0.6 is 0 Å². The van der Waals surface area contributed by atoms with Crippen LogP contribution in [0, 0.1) is 11.8 Å². The summed E-state index contributed by atoms with van der Waals surface area (Å²) in [6.07, 6.45) is 1.02. The summed E-state index contributed by atoms with van der Waals surface area (Å²) in [4.78, 5) is 11.9. The van der Waals surface area contributed by atoms with Gasteiger partial charge in [0.2, 0.25) is 5.91 Å². The molecule has 0 aliphatic carbocycles. The second kappa shape index (κ2) is 5.47. The van der Waals surface area contributed by atoms with Gasteiger partial charge in [-0.1, -0.05) is 6.92 Å². The minimum atomic E-state index is -0.0159. The summed E-state index contributed by atoms with van der Waals surface area (Å²) in [7, 11) is 0. The predicted molar refractivity (Wildman–Crippen MR) is 59.3 cm³/mol. The SMILES string of the molecule is CC1OC(C)C(C(=O)NCCCN)C1C. The number of nitrogens with two attached hydrogens (primary N) is 1. The third-order valence-electron chi connectivity index (χ3n) is 3.22. The molecule has 3 N–H and O–H groups in total. The second-order valence-electron chi connectivity index (χ2n) is 4.36. The Bertz CT molecular complexity index is 221. The fourth-order valence-electron chi connectivity index (χ4n) is 2.15. The molecule has 4 heteroatoms. The zero-order valence-electron chi connectivity index (χ0n) is 9.82. The fourth-order valence-corrected chi connectivity index (χ4v) is 2.15. The van der Waals surface area contributed by atoms with Crippen molar-refractivity contribution in [2.45, 2.75) is 39.4 Å². The van der Waals surface area contributed by atoms with Crippen molar-refractivity contribution >= 4 is 5.91 Å². The Morgan fingerprint density at radius 1 is 1.33 bits per heavy atom. The van der Waals surface area contributed by atoms with Crippen LogP contribution in [0.4, 0.5) is 0 Å². The van der Waals surface area contributed by atoms with Crippen molar-refractivity contribution in [2.75, 3.05) is 13.1 Å². The van der Waals surface area contributed by atoms with Gasteiger partial charge in [0.05, 0.1) is 18.1 Å². The number of carbonyl (C=O) groups excluding carboxylic acids is 1. The zero-order chi connectivity index (χ0) is 11.4. The Morgan fingerprint density at radius 2 is 2.00 bits per heavy atom. The monoisotopic (exact) mass is 214 g/mol. The molecule has 1 saturated heterocycles. The highest BCUT2D eigenvalue weighted by Crippen LogP contribution is 2.32. The van der Waals surface area contributed by atoms with E-state index in [1.54, 1.807) is 0 Å². The summed E-state index contributed by atoms with van der Waals surface area (Å²) in [6, 6.07) is 0. The number of amides is 1. The Balaban J connectivity index is 2.44. The van der Waals surface area contributed by atoms with Crippen molar-refractivity contribution in [1.82, 2.24) is 5.32 Å². The lowest BCUT2D eigenvalue weighted by Gasteiger charge is -2.17. The van der Waals surface area contributed by atoms with Crippen LogP contribution in [0.15, 0.2) is 0 Å². The summed E-state index contributed by atoms with van der Waals surface area (Å²) in [6.45, 7) is 7.34. The molecule has 15 heavy (non-hydrogen) atoms. The Labute approximate surface area is 91.5 Å². The number of hydrogen-bond acceptors (Lipinski definition) is 3. The molecule has 1 rings (SSSR count). The highest BCUT2D eigenvalue weighted by atomic mass is 16.5. The molecule has 1 heterocycles. The first kappa shape index (κ1) is 12.5. The second-order valence-corrected chi connectivity index (χ2v) is 4.36. The number of nitrogens with one attached hydrogen (secondary N) is 1. The van der Waals surface area contributed by atoms with Crippen LogP contribution < -0.4 is 11.1 Å². The van der Waals surface area contributed by atoms with E-state index in [0.29, 0.717) is 13.1 Å². The van der Waals surface area contributed by atoms with Gasteiger partial charge in [-0.3, -0.25) is 4.79 Å². The van der Waals surface area contributed by atoms with Crippen molar-refractivity contribution in [1.29, 1.82) is 0 Å². The normalized spacial score (nSPS) is 35.5. The molecule has 4 unspecified atom stereocenters. The number of rotatable bonds is 4. The van der Waals surface area contributed by atoms with Crippen LogP contribution in [0.2, 0.25) is 0 Å².